The van der Waals surface area contributed by atoms with Crippen molar-refractivity contribution in [1.82, 2.24) is 15.1 Å². The van der Waals surface area contributed by atoms with Crippen LogP contribution >= 0.6 is 0 Å². The summed E-state index contributed by atoms with van der Waals surface area (Å²) in [6.07, 6.45) is 4.86. The molecular formula is C15H29N3O. The molecule has 1 atom stereocenters. The summed E-state index contributed by atoms with van der Waals surface area (Å²) in [6.45, 7) is 10.5. The maximum atomic E-state index is 12.5. The van der Waals surface area contributed by atoms with E-state index in [9.17, 15) is 4.79 Å². The van der Waals surface area contributed by atoms with Crippen molar-refractivity contribution in [3.05, 3.63) is 0 Å². The molecule has 1 amide bonds. The predicted octanol–water partition coefficient (Wildman–Crippen LogP) is 1.32. The average Bonchev–Trinajstić information content (AvgIpc) is 2.98. The van der Waals surface area contributed by atoms with Gasteiger partial charge in [0.15, 0.2) is 0 Å². The Hall–Kier alpha value is -0.610. The molecule has 0 radical (unpaired) electrons. The lowest BCUT2D eigenvalue weighted by Gasteiger charge is -2.34. The molecule has 0 aromatic heterocycles. The highest BCUT2D eigenvalue weighted by atomic mass is 16.2. The van der Waals surface area contributed by atoms with Crippen LogP contribution in [-0.2, 0) is 4.79 Å². The summed E-state index contributed by atoms with van der Waals surface area (Å²) in [7, 11) is 0. The van der Waals surface area contributed by atoms with E-state index < -0.39 is 0 Å². The zero-order valence-corrected chi connectivity index (χ0v) is 12.5. The van der Waals surface area contributed by atoms with Crippen molar-refractivity contribution in [3.8, 4) is 0 Å². The molecule has 2 heterocycles. The lowest BCUT2D eigenvalue weighted by molar-refractivity contribution is -0.135. The van der Waals surface area contributed by atoms with E-state index in [0.29, 0.717) is 5.91 Å². The molecule has 1 N–H and O–H groups in total. The molecule has 0 aliphatic carbocycles. The normalized spacial score (nSPS) is 23.0. The second-order valence-electron chi connectivity index (χ2n) is 5.99. The Kier molecular flexibility index (Phi) is 5.64. The van der Waals surface area contributed by atoms with Gasteiger partial charge in [-0.25, -0.2) is 0 Å². The van der Waals surface area contributed by atoms with Crippen LogP contribution in [0, 0.1) is 5.92 Å². The van der Waals surface area contributed by atoms with Crippen molar-refractivity contribution in [1.29, 1.82) is 0 Å². The van der Waals surface area contributed by atoms with Crippen molar-refractivity contribution in [2.75, 3.05) is 39.3 Å². The van der Waals surface area contributed by atoms with E-state index in [0.717, 1.165) is 45.2 Å². The molecule has 2 saturated heterocycles. The van der Waals surface area contributed by atoms with Crippen LogP contribution in [0.15, 0.2) is 0 Å². The number of likely N-dealkylation sites (N-methyl/N-ethyl adjacent to an activating group) is 1. The lowest BCUT2D eigenvalue weighted by Crippen LogP contribution is -2.48. The maximum Gasteiger partial charge on any atom is 0.239 e. The van der Waals surface area contributed by atoms with Gasteiger partial charge in [0.05, 0.1) is 6.04 Å². The minimum Gasteiger partial charge on any atom is -0.341 e. The molecule has 110 valence electrons. The first-order valence-electron chi connectivity index (χ1n) is 7.96. The van der Waals surface area contributed by atoms with Crippen molar-refractivity contribution in [2.45, 2.75) is 45.6 Å². The Labute approximate surface area is 117 Å². The van der Waals surface area contributed by atoms with Crippen LogP contribution in [0.5, 0.6) is 0 Å². The standard InChI is InChI=1S/C15H29N3O/c1-3-17(12-14-6-8-16-9-7-14)13(2)15(19)18-10-4-5-11-18/h13-14,16H,3-12H2,1-2H3. The molecule has 0 aromatic carbocycles. The molecule has 4 heteroatoms. The van der Waals surface area contributed by atoms with Crippen molar-refractivity contribution in [2.24, 2.45) is 5.92 Å². The zero-order valence-electron chi connectivity index (χ0n) is 12.5. The molecule has 2 fully saturated rings. The number of hydrogen-bond donors (Lipinski definition) is 1. The number of nitrogens with one attached hydrogen (secondary N) is 1. The lowest BCUT2D eigenvalue weighted by atomic mass is 9.97. The Balaban J connectivity index is 1.86. The summed E-state index contributed by atoms with van der Waals surface area (Å²) in [6, 6.07) is 0.0537. The molecular weight excluding hydrogens is 238 g/mol. The van der Waals surface area contributed by atoms with Gasteiger partial charge in [0, 0.05) is 19.6 Å². The third-order valence-corrected chi connectivity index (χ3v) is 4.68. The Bertz CT molecular complexity index is 283. The molecule has 0 bridgehead atoms. The molecule has 2 rings (SSSR count). The summed E-state index contributed by atoms with van der Waals surface area (Å²) in [5.41, 5.74) is 0. The Morgan fingerprint density at radius 2 is 1.95 bits per heavy atom. The maximum absolute atomic E-state index is 12.5. The van der Waals surface area contributed by atoms with Crippen LogP contribution in [-0.4, -0.2) is 61.0 Å². The molecule has 0 aromatic rings. The van der Waals surface area contributed by atoms with E-state index in [1.54, 1.807) is 0 Å². The first-order valence-corrected chi connectivity index (χ1v) is 7.96. The van der Waals surface area contributed by atoms with Crippen LogP contribution in [0.3, 0.4) is 0 Å². The highest BCUT2D eigenvalue weighted by Gasteiger charge is 2.28. The van der Waals surface area contributed by atoms with Crippen LogP contribution in [0.2, 0.25) is 0 Å². The van der Waals surface area contributed by atoms with E-state index in [2.05, 4.69) is 29.0 Å². The third-order valence-electron chi connectivity index (χ3n) is 4.68. The van der Waals surface area contributed by atoms with Crippen molar-refractivity contribution in [3.63, 3.8) is 0 Å². The second kappa shape index (κ2) is 7.25. The monoisotopic (exact) mass is 267 g/mol. The number of piperidine rings is 1. The fraction of sp³-hybridized carbons (Fsp3) is 0.933. The number of carbonyl (C=O) groups is 1. The number of amides is 1. The van der Waals surface area contributed by atoms with Gasteiger partial charge >= 0.3 is 0 Å². The topological polar surface area (TPSA) is 35.6 Å². The van der Waals surface area contributed by atoms with E-state index >= 15 is 0 Å². The van der Waals surface area contributed by atoms with Gasteiger partial charge in [-0.2, -0.15) is 0 Å². The van der Waals surface area contributed by atoms with E-state index in [1.165, 1.54) is 25.7 Å². The zero-order chi connectivity index (χ0) is 13.7. The minimum absolute atomic E-state index is 0.0537. The van der Waals surface area contributed by atoms with E-state index in [-0.39, 0.29) is 6.04 Å². The molecule has 0 saturated carbocycles. The van der Waals surface area contributed by atoms with Gasteiger partial charge in [0.25, 0.3) is 0 Å². The first-order chi connectivity index (χ1) is 9.22. The largest absolute Gasteiger partial charge is 0.341 e. The molecule has 2 aliphatic rings. The summed E-state index contributed by atoms with van der Waals surface area (Å²) in [5.74, 6) is 1.10. The molecule has 2 aliphatic heterocycles. The van der Waals surface area contributed by atoms with Gasteiger partial charge in [-0.1, -0.05) is 6.92 Å². The SMILES string of the molecule is CCN(CC1CCNCC1)C(C)C(=O)N1CCCC1. The van der Waals surface area contributed by atoms with Crippen LogP contribution in [0.4, 0.5) is 0 Å². The number of likely N-dealkylation sites (tertiary alicyclic amines) is 1. The van der Waals surface area contributed by atoms with Crippen LogP contribution in [0.1, 0.15) is 39.5 Å². The number of rotatable bonds is 5. The summed E-state index contributed by atoms with van der Waals surface area (Å²) >= 11 is 0. The predicted molar refractivity (Wildman–Crippen MR) is 78.1 cm³/mol. The van der Waals surface area contributed by atoms with E-state index in [1.807, 2.05) is 0 Å². The fourth-order valence-electron chi connectivity index (χ4n) is 3.31. The highest BCUT2D eigenvalue weighted by molar-refractivity contribution is 5.81. The Morgan fingerprint density at radius 1 is 1.32 bits per heavy atom. The van der Waals surface area contributed by atoms with Gasteiger partial charge in [0.2, 0.25) is 5.91 Å². The van der Waals surface area contributed by atoms with Crippen molar-refractivity contribution >= 4 is 5.91 Å². The number of nitrogens with zero attached hydrogens (tertiary/aromatic N) is 2. The average molecular weight is 267 g/mol. The van der Waals surface area contributed by atoms with Crippen molar-refractivity contribution < 1.29 is 4.79 Å². The number of hydrogen-bond acceptors (Lipinski definition) is 3. The van der Waals surface area contributed by atoms with Crippen LogP contribution in [0.25, 0.3) is 0 Å². The first kappa shape index (κ1) is 14.8. The van der Waals surface area contributed by atoms with Gasteiger partial charge in [-0.05, 0) is 58.2 Å². The number of carbonyl (C=O) groups excluding carboxylic acids is 1. The van der Waals surface area contributed by atoms with Gasteiger partial charge in [-0.15, -0.1) is 0 Å². The third kappa shape index (κ3) is 3.93. The van der Waals surface area contributed by atoms with E-state index in [4.69, 9.17) is 0 Å². The quantitative estimate of drug-likeness (QED) is 0.816. The fourth-order valence-corrected chi connectivity index (χ4v) is 3.31. The summed E-state index contributed by atoms with van der Waals surface area (Å²) < 4.78 is 0. The smallest absolute Gasteiger partial charge is 0.239 e. The van der Waals surface area contributed by atoms with Crippen LogP contribution < -0.4 is 5.32 Å². The highest BCUT2D eigenvalue weighted by Crippen LogP contribution is 2.17. The molecule has 19 heavy (non-hydrogen) atoms. The van der Waals surface area contributed by atoms with Gasteiger partial charge < -0.3 is 10.2 Å². The molecule has 4 nitrogen and oxygen atoms in total. The van der Waals surface area contributed by atoms with Gasteiger partial charge in [-0.3, -0.25) is 9.69 Å². The summed E-state index contributed by atoms with van der Waals surface area (Å²) in [4.78, 5) is 16.9. The minimum atomic E-state index is 0.0537. The second-order valence-corrected chi connectivity index (χ2v) is 5.99. The molecule has 1 unspecified atom stereocenters. The Morgan fingerprint density at radius 3 is 2.53 bits per heavy atom. The summed E-state index contributed by atoms with van der Waals surface area (Å²) in [5, 5.41) is 3.41. The molecule has 0 spiro atoms. The van der Waals surface area contributed by atoms with Gasteiger partial charge in [0.1, 0.15) is 0 Å².